The largest absolute Gasteiger partial charge is 0.497 e. The Morgan fingerprint density at radius 1 is 0.966 bits per heavy atom. The van der Waals surface area contributed by atoms with Crippen molar-refractivity contribution in [3.63, 3.8) is 0 Å². The number of nitrogens with zero attached hydrogens (tertiary/aromatic N) is 2. The highest BCUT2D eigenvalue weighted by atomic mass is 19.2. The predicted octanol–water partition coefficient (Wildman–Crippen LogP) is 2.92. The molecule has 0 bridgehead atoms. The molecule has 0 saturated heterocycles. The van der Waals surface area contributed by atoms with Crippen molar-refractivity contribution in [2.24, 2.45) is 0 Å². The Labute approximate surface area is 162 Å². The van der Waals surface area contributed by atoms with Gasteiger partial charge >= 0.3 is 0 Å². The first-order valence-electron chi connectivity index (χ1n) is 8.12. The highest BCUT2D eigenvalue weighted by Gasteiger charge is 2.19. The molecule has 0 saturated carbocycles. The van der Waals surface area contributed by atoms with Gasteiger partial charge in [0.25, 0.3) is 5.91 Å². The molecular weight excluding hydrogens is 391 g/mol. The molecule has 0 aliphatic carbocycles. The molecule has 1 heterocycles. The first-order chi connectivity index (χ1) is 13.8. The van der Waals surface area contributed by atoms with Gasteiger partial charge in [-0.3, -0.25) is 9.59 Å². The van der Waals surface area contributed by atoms with Crippen molar-refractivity contribution in [2.75, 3.05) is 19.5 Å². The van der Waals surface area contributed by atoms with Crippen LogP contribution >= 0.6 is 0 Å². The van der Waals surface area contributed by atoms with Gasteiger partial charge in [-0.2, -0.15) is 5.10 Å². The number of carbonyl (C=O) groups is 1. The van der Waals surface area contributed by atoms with E-state index in [1.165, 1.54) is 32.4 Å². The third-order valence-corrected chi connectivity index (χ3v) is 3.89. The van der Waals surface area contributed by atoms with E-state index >= 15 is 0 Å². The minimum Gasteiger partial charge on any atom is -0.497 e. The molecule has 29 heavy (non-hydrogen) atoms. The second kappa shape index (κ2) is 8.05. The van der Waals surface area contributed by atoms with Crippen LogP contribution in [0.25, 0.3) is 5.69 Å². The Morgan fingerprint density at radius 3 is 2.34 bits per heavy atom. The minimum absolute atomic E-state index is 0.00503. The van der Waals surface area contributed by atoms with Crippen molar-refractivity contribution >= 4 is 11.6 Å². The summed E-state index contributed by atoms with van der Waals surface area (Å²) in [5.41, 5.74) is -1.62. The molecule has 0 fully saturated rings. The van der Waals surface area contributed by atoms with Gasteiger partial charge < -0.3 is 14.8 Å². The number of nitrogens with one attached hydrogen (secondary N) is 1. The van der Waals surface area contributed by atoms with Crippen molar-refractivity contribution in [3.05, 3.63) is 75.8 Å². The van der Waals surface area contributed by atoms with E-state index in [4.69, 9.17) is 9.47 Å². The number of ether oxygens (including phenoxy) is 2. The summed E-state index contributed by atoms with van der Waals surface area (Å²) in [5, 5.41) is 6.11. The molecule has 1 amide bonds. The molecule has 7 nitrogen and oxygen atoms in total. The maximum Gasteiger partial charge on any atom is 0.280 e. The van der Waals surface area contributed by atoms with Crippen LogP contribution in [0.3, 0.4) is 0 Å². The average molecular weight is 405 g/mol. The third-order valence-electron chi connectivity index (χ3n) is 3.89. The van der Waals surface area contributed by atoms with Crippen molar-refractivity contribution in [1.29, 1.82) is 0 Å². The molecule has 0 radical (unpaired) electrons. The van der Waals surface area contributed by atoms with Crippen LogP contribution < -0.4 is 20.2 Å². The van der Waals surface area contributed by atoms with E-state index in [0.29, 0.717) is 0 Å². The second-order valence-corrected chi connectivity index (χ2v) is 5.71. The van der Waals surface area contributed by atoms with Crippen LogP contribution in [0.15, 0.2) is 47.3 Å². The minimum atomic E-state index is -1.16. The summed E-state index contributed by atoms with van der Waals surface area (Å²) in [4.78, 5) is 24.7. The smallest absolute Gasteiger partial charge is 0.280 e. The van der Waals surface area contributed by atoms with Gasteiger partial charge in [-0.1, -0.05) is 0 Å². The van der Waals surface area contributed by atoms with Crippen LogP contribution in [0.4, 0.5) is 18.9 Å². The molecule has 0 unspecified atom stereocenters. The summed E-state index contributed by atoms with van der Waals surface area (Å²) in [6.07, 6.45) is 0. The first-order valence-corrected chi connectivity index (χ1v) is 8.12. The zero-order valence-corrected chi connectivity index (χ0v) is 15.2. The Hall–Kier alpha value is -3.82. The van der Waals surface area contributed by atoms with Crippen LogP contribution in [-0.4, -0.2) is 29.9 Å². The molecule has 1 aromatic heterocycles. The molecule has 0 spiro atoms. The Kier molecular flexibility index (Phi) is 5.53. The maximum absolute atomic E-state index is 14.1. The number of methoxy groups -OCH3 is 2. The van der Waals surface area contributed by atoms with E-state index in [-0.39, 0.29) is 23.0 Å². The second-order valence-electron chi connectivity index (χ2n) is 5.71. The summed E-state index contributed by atoms with van der Waals surface area (Å²) < 4.78 is 51.7. The van der Waals surface area contributed by atoms with E-state index in [9.17, 15) is 22.8 Å². The zero-order chi connectivity index (χ0) is 21.1. The number of benzene rings is 2. The Balaban J connectivity index is 2.02. The highest BCUT2D eigenvalue weighted by Crippen LogP contribution is 2.21. The van der Waals surface area contributed by atoms with E-state index in [1.807, 2.05) is 0 Å². The molecular formula is C19H14F3N3O4. The van der Waals surface area contributed by atoms with E-state index in [0.717, 1.165) is 28.9 Å². The lowest BCUT2D eigenvalue weighted by Gasteiger charge is -2.13. The fraction of sp³-hybridized carbons (Fsp3) is 0.105. The monoisotopic (exact) mass is 405 g/mol. The van der Waals surface area contributed by atoms with E-state index in [1.54, 1.807) is 0 Å². The van der Waals surface area contributed by atoms with Crippen LogP contribution in [0.5, 0.6) is 11.6 Å². The summed E-state index contributed by atoms with van der Waals surface area (Å²) in [5.74, 6) is -3.90. The number of carbonyl (C=O) groups excluding carboxylic acids is 1. The predicted molar refractivity (Wildman–Crippen MR) is 97.2 cm³/mol. The number of hydrogen-bond acceptors (Lipinski definition) is 5. The van der Waals surface area contributed by atoms with Crippen molar-refractivity contribution < 1.29 is 27.4 Å². The molecule has 10 heteroatoms. The zero-order valence-electron chi connectivity index (χ0n) is 15.2. The molecule has 150 valence electrons. The number of halogens is 3. The standard InChI is InChI=1S/C19H14F3N3O4/c1-28-11-4-6-15(14(22)8-11)23-19(27)18-16(26)9-17(29-2)25(24-18)10-3-5-12(20)13(21)7-10/h3-9H,1-2H3,(H,23,27). The quantitative estimate of drug-likeness (QED) is 0.706. The molecule has 1 N–H and O–H groups in total. The number of amides is 1. The lowest BCUT2D eigenvalue weighted by Crippen LogP contribution is -2.26. The van der Waals surface area contributed by atoms with Crippen molar-refractivity contribution in [1.82, 2.24) is 9.78 Å². The summed E-state index contributed by atoms with van der Waals surface area (Å²) in [6.45, 7) is 0. The lowest BCUT2D eigenvalue weighted by molar-refractivity contribution is 0.101. The first kappa shape index (κ1) is 19.9. The van der Waals surface area contributed by atoms with Crippen molar-refractivity contribution in [2.45, 2.75) is 0 Å². The maximum atomic E-state index is 14.1. The molecule has 2 aromatic carbocycles. The van der Waals surface area contributed by atoms with Gasteiger partial charge in [0, 0.05) is 12.1 Å². The third kappa shape index (κ3) is 4.05. The SMILES string of the molecule is COc1ccc(NC(=O)c2nn(-c3ccc(F)c(F)c3)c(OC)cc2=O)c(F)c1. The summed E-state index contributed by atoms with van der Waals surface area (Å²) in [6, 6.07) is 7.53. The van der Waals surface area contributed by atoms with E-state index < -0.39 is 34.5 Å². The molecule has 0 atom stereocenters. The lowest BCUT2D eigenvalue weighted by atomic mass is 10.2. The van der Waals surface area contributed by atoms with Gasteiger partial charge in [0.05, 0.1) is 31.7 Å². The van der Waals surface area contributed by atoms with Gasteiger partial charge in [-0.05, 0) is 24.3 Å². The number of anilines is 1. The van der Waals surface area contributed by atoms with Crippen LogP contribution in [-0.2, 0) is 0 Å². The fourth-order valence-electron chi connectivity index (χ4n) is 2.45. The number of rotatable bonds is 5. The Morgan fingerprint density at radius 2 is 1.72 bits per heavy atom. The summed E-state index contributed by atoms with van der Waals surface area (Å²) >= 11 is 0. The average Bonchev–Trinajstić information content (AvgIpc) is 2.71. The fourth-order valence-corrected chi connectivity index (χ4v) is 2.45. The molecule has 0 aliphatic heterocycles. The molecule has 0 aliphatic rings. The normalized spacial score (nSPS) is 10.5. The van der Waals surface area contributed by atoms with Gasteiger partial charge in [-0.25, -0.2) is 17.9 Å². The molecule has 3 rings (SSSR count). The van der Waals surface area contributed by atoms with Crippen molar-refractivity contribution in [3.8, 4) is 17.3 Å². The summed E-state index contributed by atoms with van der Waals surface area (Å²) in [7, 11) is 2.59. The highest BCUT2D eigenvalue weighted by molar-refractivity contribution is 6.02. The van der Waals surface area contributed by atoms with Crippen LogP contribution in [0, 0.1) is 17.5 Å². The topological polar surface area (TPSA) is 82.4 Å². The van der Waals surface area contributed by atoms with Gasteiger partial charge in [0.15, 0.2) is 17.3 Å². The number of aromatic nitrogens is 2. The van der Waals surface area contributed by atoms with Gasteiger partial charge in [0.1, 0.15) is 11.6 Å². The van der Waals surface area contributed by atoms with Crippen LogP contribution in [0.2, 0.25) is 0 Å². The van der Waals surface area contributed by atoms with E-state index in [2.05, 4.69) is 10.4 Å². The van der Waals surface area contributed by atoms with Crippen LogP contribution in [0.1, 0.15) is 10.5 Å². The number of hydrogen-bond donors (Lipinski definition) is 1. The Bertz CT molecular complexity index is 1150. The van der Waals surface area contributed by atoms with Gasteiger partial charge in [0.2, 0.25) is 11.3 Å². The molecule has 3 aromatic rings. The van der Waals surface area contributed by atoms with Gasteiger partial charge in [-0.15, -0.1) is 0 Å².